The Labute approximate surface area is 145 Å². The minimum Gasteiger partial charge on any atom is -0.374 e. The molecule has 4 rings (SSSR count). The van der Waals surface area contributed by atoms with Gasteiger partial charge in [0.15, 0.2) is 0 Å². The molecule has 0 aromatic carbocycles. The predicted molar refractivity (Wildman–Crippen MR) is 89.3 cm³/mol. The van der Waals surface area contributed by atoms with Crippen LogP contribution in [0.3, 0.4) is 0 Å². The Morgan fingerprint density at radius 2 is 1.86 bits per heavy atom. The quantitative estimate of drug-likeness (QED) is 0.645. The average Bonchev–Trinajstić information content (AvgIpc) is 3.10. The van der Waals surface area contributed by atoms with Gasteiger partial charge in [-0.05, 0) is 24.6 Å². The second-order valence-electron chi connectivity index (χ2n) is 5.13. The van der Waals surface area contributed by atoms with E-state index < -0.39 is 5.95 Å². The molecule has 22 heavy (non-hydrogen) atoms. The number of rotatable bonds is 1. The lowest BCUT2D eigenvalue weighted by Crippen LogP contribution is -2.37. The van der Waals surface area contributed by atoms with E-state index in [2.05, 4.69) is 52.8 Å². The van der Waals surface area contributed by atoms with Crippen molar-refractivity contribution in [2.45, 2.75) is 18.6 Å². The van der Waals surface area contributed by atoms with Gasteiger partial charge < -0.3 is 9.64 Å². The van der Waals surface area contributed by atoms with Gasteiger partial charge in [-0.15, -0.1) is 0 Å². The Hall–Kier alpha value is -1.05. The summed E-state index contributed by atoms with van der Waals surface area (Å²) in [6.45, 7) is 1.85. The summed E-state index contributed by atoms with van der Waals surface area (Å²) < 4.78 is 19.4. The Kier molecular flexibility index (Phi) is 5.05. The summed E-state index contributed by atoms with van der Waals surface area (Å²) >= 11 is 6.55. The molecule has 2 bridgehead atoms. The van der Waals surface area contributed by atoms with Gasteiger partial charge in [-0.2, -0.15) is 4.39 Å². The fraction of sp³-hybridized carbons (Fsp3) is 0.333. The van der Waals surface area contributed by atoms with E-state index in [1.807, 2.05) is 12.3 Å². The molecule has 0 unspecified atom stereocenters. The van der Waals surface area contributed by atoms with Crippen LogP contribution in [0.1, 0.15) is 6.42 Å². The van der Waals surface area contributed by atoms with Crippen LogP contribution in [0.2, 0.25) is 0 Å². The Morgan fingerprint density at radius 3 is 2.36 bits per heavy atom. The first-order valence-corrected chi connectivity index (χ1v) is 8.47. The number of pyridine rings is 2. The maximum absolute atomic E-state index is 12.0. The van der Waals surface area contributed by atoms with Crippen LogP contribution in [0.25, 0.3) is 0 Å². The molecule has 2 aromatic rings. The zero-order valence-electron chi connectivity index (χ0n) is 11.6. The molecule has 4 nitrogen and oxygen atoms in total. The van der Waals surface area contributed by atoms with Crippen molar-refractivity contribution >= 4 is 37.7 Å². The first-order valence-electron chi connectivity index (χ1n) is 6.88. The maximum Gasteiger partial charge on any atom is 0.213 e. The molecule has 2 aliphatic heterocycles. The van der Waals surface area contributed by atoms with Gasteiger partial charge in [0, 0.05) is 34.0 Å². The van der Waals surface area contributed by atoms with E-state index in [1.165, 1.54) is 12.3 Å². The second-order valence-corrected chi connectivity index (χ2v) is 6.96. The molecule has 7 heteroatoms. The van der Waals surface area contributed by atoms with Crippen molar-refractivity contribution in [3.63, 3.8) is 0 Å². The molecule has 2 saturated heterocycles. The van der Waals surface area contributed by atoms with Gasteiger partial charge in [0.2, 0.25) is 5.95 Å². The minimum atomic E-state index is -0.459. The number of morpholine rings is 1. The number of halogens is 3. The fourth-order valence-corrected chi connectivity index (χ4v) is 3.24. The van der Waals surface area contributed by atoms with Crippen LogP contribution in [0.15, 0.2) is 45.6 Å². The number of hydrogen-bond donors (Lipinski definition) is 0. The molecular weight excluding hydrogens is 417 g/mol. The zero-order chi connectivity index (χ0) is 15.5. The average molecular weight is 431 g/mol. The Balaban J connectivity index is 0.000000154. The van der Waals surface area contributed by atoms with Crippen molar-refractivity contribution in [2.24, 2.45) is 0 Å². The molecule has 4 heterocycles. The zero-order valence-corrected chi connectivity index (χ0v) is 14.8. The fourth-order valence-electron chi connectivity index (χ4n) is 2.61. The topological polar surface area (TPSA) is 38.2 Å². The molecule has 2 aromatic heterocycles. The summed E-state index contributed by atoms with van der Waals surface area (Å²) in [5, 5.41) is 0. The van der Waals surface area contributed by atoms with Gasteiger partial charge in [-0.1, -0.05) is 31.9 Å². The molecule has 0 N–H and O–H groups in total. The first kappa shape index (κ1) is 15.8. The molecule has 0 spiro atoms. The second kappa shape index (κ2) is 7.02. The summed E-state index contributed by atoms with van der Waals surface area (Å²) in [5.41, 5.74) is 0. The molecule has 2 aliphatic rings. The third-order valence-electron chi connectivity index (χ3n) is 3.59. The van der Waals surface area contributed by atoms with Crippen molar-refractivity contribution in [1.29, 1.82) is 0 Å². The molecule has 0 amide bonds. The lowest BCUT2D eigenvalue weighted by Gasteiger charge is -2.27. The van der Waals surface area contributed by atoms with Crippen LogP contribution in [0, 0.1) is 5.95 Å². The van der Waals surface area contributed by atoms with Crippen molar-refractivity contribution in [1.82, 2.24) is 9.97 Å². The smallest absolute Gasteiger partial charge is 0.213 e. The standard InChI is InChI=1S/C10H11BrN2O.C5H3BrFN/c11-7-1-2-12-10(3-7)13-5-9-4-8(13)6-14-9;6-4-1-2-8-5(7)3-4/h1-3,8-9H,4-6H2;1-3H/t8-,9-;/m0./s1. The summed E-state index contributed by atoms with van der Waals surface area (Å²) in [6.07, 6.45) is 4.83. The lowest BCUT2D eigenvalue weighted by molar-refractivity contribution is 0.0989. The van der Waals surface area contributed by atoms with E-state index in [0.29, 0.717) is 16.6 Å². The van der Waals surface area contributed by atoms with Gasteiger partial charge in [-0.3, -0.25) is 0 Å². The first-order chi connectivity index (χ1) is 10.6. The SMILES string of the molecule is Brc1ccnc(N2C[C@@H]3C[C@H]2CO3)c1.Fc1cc(Br)ccn1. The summed E-state index contributed by atoms with van der Waals surface area (Å²) in [5.74, 6) is 0.606. The van der Waals surface area contributed by atoms with Crippen LogP contribution in [-0.4, -0.2) is 35.3 Å². The lowest BCUT2D eigenvalue weighted by atomic mass is 10.2. The molecule has 0 saturated carbocycles. The number of ether oxygens (including phenoxy) is 1. The third-order valence-corrected chi connectivity index (χ3v) is 4.58. The monoisotopic (exact) mass is 429 g/mol. The largest absolute Gasteiger partial charge is 0.374 e. The van der Waals surface area contributed by atoms with E-state index in [1.54, 1.807) is 6.07 Å². The van der Waals surface area contributed by atoms with Gasteiger partial charge in [0.05, 0.1) is 18.8 Å². The highest BCUT2D eigenvalue weighted by molar-refractivity contribution is 9.10. The highest BCUT2D eigenvalue weighted by Gasteiger charge is 2.39. The van der Waals surface area contributed by atoms with Crippen LogP contribution in [0.5, 0.6) is 0 Å². The molecule has 2 fully saturated rings. The number of fused-ring (bicyclic) bond motifs is 2. The Morgan fingerprint density at radius 1 is 1.14 bits per heavy atom. The highest BCUT2D eigenvalue weighted by Crippen LogP contribution is 2.32. The summed E-state index contributed by atoms with van der Waals surface area (Å²) in [4.78, 5) is 10.1. The third kappa shape index (κ3) is 3.83. The van der Waals surface area contributed by atoms with Crippen LogP contribution in [0.4, 0.5) is 10.2 Å². The maximum atomic E-state index is 12.0. The predicted octanol–water partition coefficient (Wildman–Crippen LogP) is 3.80. The van der Waals surface area contributed by atoms with E-state index in [9.17, 15) is 4.39 Å². The van der Waals surface area contributed by atoms with Gasteiger partial charge >= 0.3 is 0 Å². The van der Waals surface area contributed by atoms with Crippen molar-refractivity contribution < 1.29 is 9.13 Å². The summed E-state index contributed by atoms with van der Waals surface area (Å²) in [7, 11) is 0. The van der Waals surface area contributed by atoms with Crippen LogP contribution < -0.4 is 4.90 Å². The number of nitrogens with zero attached hydrogens (tertiary/aromatic N) is 3. The molecule has 116 valence electrons. The van der Waals surface area contributed by atoms with Crippen LogP contribution >= 0.6 is 31.9 Å². The van der Waals surface area contributed by atoms with Gasteiger partial charge in [0.1, 0.15) is 5.82 Å². The Bertz CT molecular complexity index is 641. The molecule has 2 atom stereocenters. The van der Waals surface area contributed by atoms with Gasteiger partial charge in [0.25, 0.3) is 0 Å². The molecule has 0 aliphatic carbocycles. The highest BCUT2D eigenvalue weighted by atomic mass is 79.9. The number of anilines is 1. The van der Waals surface area contributed by atoms with Crippen LogP contribution in [-0.2, 0) is 4.74 Å². The van der Waals surface area contributed by atoms with Crippen molar-refractivity contribution in [3.8, 4) is 0 Å². The normalized spacial score (nSPS) is 22.4. The van der Waals surface area contributed by atoms with Crippen molar-refractivity contribution in [3.05, 3.63) is 51.6 Å². The molecular formula is C15H14Br2FN3O. The van der Waals surface area contributed by atoms with E-state index in [-0.39, 0.29) is 0 Å². The number of hydrogen-bond acceptors (Lipinski definition) is 4. The van der Waals surface area contributed by atoms with Gasteiger partial charge in [-0.25, -0.2) is 9.97 Å². The molecule has 0 radical (unpaired) electrons. The van der Waals surface area contributed by atoms with Crippen molar-refractivity contribution in [2.75, 3.05) is 18.1 Å². The van der Waals surface area contributed by atoms with E-state index in [4.69, 9.17) is 4.74 Å². The summed E-state index contributed by atoms with van der Waals surface area (Å²) in [6, 6.07) is 7.54. The minimum absolute atomic E-state index is 0.431. The van der Waals surface area contributed by atoms with E-state index in [0.717, 1.165) is 29.9 Å². The number of aromatic nitrogens is 2. The van der Waals surface area contributed by atoms with E-state index >= 15 is 0 Å².